The molecule has 1 aromatic heterocycles. The summed E-state index contributed by atoms with van der Waals surface area (Å²) >= 11 is 0. The summed E-state index contributed by atoms with van der Waals surface area (Å²) in [7, 11) is 1.65. The minimum absolute atomic E-state index is 0.0576. The van der Waals surface area contributed by atoms with Crippen LogP contribution >= 0.6 is 0 Å². The van der Waals surface area contributed by atoms with E-state index >= 15 is 0 Å². The molecule has 1 amide bonds. The van der Waals surface area contributed by atoms with E-state index in [1.54, 1.807) is 19.5 Å². The number of rotatable bonds is 3. The van der Waals surface area contributed by atoms with Crippen molar-refractivity contribution in [1.29, 1.82) is 0 Å². The first-order valence-corrected chi connectivity index (χ1v) is 7.42. The van der Waals surface area contributed by atoms with Crippen molar-refractivity contribution >= 4 is 5.91 Å². The van der Waals surface area contributed by atoms with Gasteiger partial charge in [-0.25, -0.2) is 4.98 Å². The van der Waals surface area contributed by atoms with Crippen LogP contribution in [0.15, 0.2) is 36.7 Å². The molecule has 0 radical (unpaired) electrons. The van der Waals surface area contributed by atoms with Crippen LogP contribution in [-0.4, -0.2) is 34.4 Å². The number of hydrogen-bond acceptors (Lipinski definition) is 4. The molecule has 0 aliphatic carbocycles. The van der Waals surface area contributed by atoms with Crippen molar-refractivity contribution in [2.75, 3.05) is 13.7 Å². The van der Waals surface area contributed by atoms with Gasteiger partial charge >= 0.3 is 0 Å². The number of carbonyl (C=O) groups is 1. The minimum atomic E-state index is -0.0576. The molecule has 1 atom stereocenters. The second-order valence-corrected chi connectivity index (χ2v) is 5.48. The molecule has 0 unspecified atom stereocenters. The molecule has 5 heteroatoms. The summed E-state index contributed by atoms with van der Waals surface area (Å²) < 4.78 is 5.28. The van der Waals surface area contributed by atoms with Crippen molar-refractivity contribution < 1.29 is 9.53 Å². The van der Waals surface area contributed by atoms with Crippen molar-refractivity contribution in [2.45, 2.75) is 25.8 Å². The van der Waals surface area contributed by atoms with Crippen LogP contribution in [0.5, 0.6) is 5.75 Å². The number of likely N-dealkylation sites (tertiary alicyclic amines) is 1. The Morgan fingerprint density at radius 2 is 2.18 bits per heavy atom. The van der Waals surface area contributed by atoms with E-state index in [1.165, 1.54) is 0 Å². The summed E-state index contributed by atoms with van der Waals surface area (Å²) in [6.45, 7) is 2.60. The Morgan fingerprint density at radius 3 is 2.91 bits per heavy atom. The zero-order valence-corrected chi connectivity index (χ0v) is 12.8. The Bertz CT molecular complexity index is 670. The number of aryl methyl sites for hydroxylation is 1. The van der Waals surface area contributed by atoms with Crippen LogP contribution in [0.25, 0.3) is 0 Å². The SMILES string of the molecule is COc1cccc([C@H]2CCCN2C(=O)c2cnc(C)cn2)c1. The second kappa shape index (κ2) is 6.13. The van der Waals surface area contributed by atoms with Crippen LogP contribution in [0.3, 0.4) is 0 Å². The van der Waals surface area contributed by atoms with E-state index in [1.807, 2.05) is 36.1 Å². The van der Waals surface area contributed by atoms with Crippen molar-refractivity contribution in [1.82, 2.24) is 14.9 Å². The van der Waals surface area contributed by atoms with Gasteiger partial charge in [-0.05, 0) is 37.5 Å². The van der Waals surface area contributed by atoms with Crippen LogP contribution in [0.1, 0.15) is 40.6 Å². The van der Waals surface area contributed by atoms with Crippen molar-refractivity contribution in [3.05, 3.63) is 53.6 Å². The molecule has 2 heterocycles. The highest BCUT2D eigenvalue weighted by Gasteiger charge is 2.31. The normalized spacial score (nSPS) is 17.5. The molecular formula is C17H19N3O2. The number of methoxy groups -OCH3 is 1. The highest BCUT2D eigenvalue weighted by atomic mass is 16.5. The van der Waals surface area contributed by atoms with Gasteiger partial charge in [0.1, 0.15) is 11.4 Å². The average Bonchev–Trinajstić information content (AvgIpc) is 3.04. The number of benzene rings is 1. The Kier molecular flexibility index (Phi) is 4.04. The van der Waals surface area contributed by atoms with Gasteiger partial charge in [0.15, 0.2) is 0 Å². The predicted octanol–water partition coefficient (Wildman–Crippen LogP) is 2.77. The zero-order chi connectivity index (χ0) is 15.5. The van der Waals surface area contributed by atoms with Gasteiger partial charge in [0, 0.05) is 12.7 Å². The van der Waals surface area contributed by atoms with Crippen LogP contribution in [0.4, 0.5) is 0 Å². The molecule has 1 aliphatic rings. The van der Waals surface area contributed by atoms with Crippen molar-refractivity contribution in [3.63, 3.8) is 0 Å². The van der Waals surface area contributed by atoms with Gasteiger partial charge in [0.25, 0.3) is 5.91 Å². The second-order valence-electron chi connectivity index (χ2n) is 5.48. The van der Waals surface area contributed by atoms with Crippen LogP contribution in [0, 0.1) is 6.92 Å². The maximum atomic E-state index is 12.7. The maximum absolute atomic E-state index is 12.7. The van der Waals surface area contributed by atoms with E-state index in [0.717, 1.165) is 36.4 Å². The summed E-state index contributed by atoms with van der Waals surface area (Å²) in [6.07, 6.45) is 5.13. The van der Waals surface area contributed by atoms with Gasteiger partial charge in [-0.2, -0.15) is 0 Å². The standard InChI is InChI=1S/C17H19N3O2/c1-12-10-19-15(11-18-12)17(21)20-8-4-7-16(20)13-5-3-6-14(9-13)22-2/h3,5-6,9-11,16H,4,7-8H2,1-2H3/t16-/m1/s1. The Morgan fingerprint density at radius 1 is 1.32 bits per heavy atom. The molecule has 5 nitrogen and oxygen atoms in total. The molecule has 1 saturated heterocycles. The molecule has 1 aliphatic heterocycles. The number of ether oxygens (including phenoxy) is 1. The molecule has 3 rings (SSSR count). The highest BCUT2D eigenvalue weighted by Crippen LogP contribution is 2.34. The van der Waals surface area contributed by atoms with Crippen molar-refractivity contribution in [3.8, 4) is 5.75 Å². The van der Waals surface area contributed by atoms with E-state index in [4.69, 9.17) is 4.74 Å². The number of hydrogen-bond donors (Lipinski definition) is 0. The predicted molar refractivity (Wildman–Crippen MR) is 82.8 cm³/mol. The number of amides is 1. The number of carbonyl (C=O) groups excluding carboxylic acids is 1. The van der Waals surface area contributed by atoms with E-state index in [-0.39, 0.29) is 11.9 Å². The summed E-state index contributed by atoms with van der Waals surface area (Å²) in [6, 6.07) is 7.99. The zero-order valence-electron chi connectivity index (χ0n) is 12.8. The largest absolute Gasteiger partial charge is 0.497 e. The molecule has 0 spiro atoms. The minimum Gasteiger partial charge on any atom is -0.497 e. The number of nitrogens with zero attached hydrogens (tertiary/aromatic N) is 3. The third kappa shape index (κ3) is 2.79. The quantitative estimate of drug-likeness (QED) is 0.874. The monoisotopic (exact) mass is 297 g/mol. The first-order valence-electron chi connectivity index (χ1n) is 7.42. The molecule has 114 valence electrons. The molecule has 0 N–H and O–H groups in total. The van der Waals surface area contributed by atoms with Gasteiger partial charge < -0.3 is 9.64 Å². The lowest BCUT2D eigenvalue weighted by Crippen LogP contribution is -2.31. The van der Waals surface area contributed by atoms with E-state index < -0.39 is 0 Å². The molecule has 0 bridgehead atoms. The van der Waals surface area contributed by atoms with E-state index in [0.29, 0.717) is 5.69 Å². The highest BCUT2D eigenvalue weighted by molar-refractivity contribution is 5.92. The summed E-state index contributed by atoms with van der Waals surface area (Å²) in [4.78, 5) is 22.9. The van der Waals surface area contributed by atoms with Crippen LogP contribution in [-0.2, 0) is 0 Å². The molecule has 2 aromatic rings. The fraction of sp³-hybridized carbons (Fsp3) is 0.353. The van der Waals surface area contributed by atoms with Crippen LogP contribution in [0.2, 0.25) is 0 Å². The van der Waals surface area contributed by atoms with E-state index in [9.17, 15) is 4.79 Å². The van der Waals surface area contributed by atoms with E-state index in [2.05, 4.69) is 9.97 Å². The molecule has 0 saturated carbocycles. The average molecular weight is 297 g/mol. The van der Waals surface area contributed by atoms with Crippen LogP contribution < -0.4 is 4.74 Å². The Hall–Kier alpha value is -2.43. The summed E-state index contributed by atoms with van der Waals surface area (Å²) in [5.74, 6) is 0.754. The van der Waals surface area contributed by atoms with Gasteiger partial charge in [0.2, 0.25) is 0 Å². The molecule has 1 fully saturated rings. The lowest BCUT2D eigenvalue weighted by Gasteiger charge is -2.25. The first-order chi connectivity index (χ1) is 10.7. The third-order valence-corrected chi connectivity index (χ3v) is 3.99. The summed E-state index contributed by atoms with van der Waals surface area (Å²) in [5.41, 5.74) is 2.31. The lowest BCUT2D eigenvalue weighted by atomic mass is 10.0. The topological polar surface area (TPSA) is 55.3 Å². The van der Waals surface area contributed by atoms with Gasteiger partial charge in [-0.3, -0.25) is 9.78 Å². The van der Waals surface area contributed by atoms with Gasteiger partial charge in [-0.15, -0.1) is 0 Å². The maximum Gasteiger partial charge on any atom is 0.274 e. The number of aromatic nitrogens is 2. The Balaban J connectivity index is 1.86. The van der Waals surface area contributed by atoms with Crippen molar-refractivity contribution in [2.24, 2.45) is 0 Å². The first kappa shape index (κ1) is 14.5. The third-order valence-electron chi connectivity index (χ3n) is 3.99. The summed E-state index contributed by atoms with van der Waals surface area (Å²) in [5, 5.41) is 0. The van der Waals surface area contributed by atoms with Gasteiger partial charge in [0.05, 0.1) is 25.0 Å². The molecular weight excluding hydrogens is 278 g/mol. The van der Waals surface area contributed by atoms with Gasteiger partial charge in [-0.1, -0.05) is 12.1 Å². The molecule has 22 heavy (non-hydrogen) atoms. The molecule has 1 aromatic carbocycles. The smallest absolute Gasteiger partial charge is 0.274 e. The Labute approximate surface area is 130 Å². The fourth-order valence-corrected chi connectivity index (χ4v) is 2.86. The lowest BCUT2D eigenvalue weighted by molar-refractivity contribution is 0.0729. The fourth-order valence-electron chi connectivity index (χ4n) is 2.86.